The van der Waals surface area contributed by atoms with Gasteiger partial charge >= 0.3 is 5.69 Å². The fourth-order valence-corrected chi connectivity index (χ4v) is 3.32. The van der Waals surface area contributed by atoms with Crippen LogP contribution in [0.4, 0.5) is 5.69 Å². The van der Waals surface area contributed by atoms with Crippen LogP contribution in [-0.4, -0.2) is 30.0 Å². The number of fused-ring (bicyclic) bond motifs is 1. The van der Waals surface area contributed by atoms with Gasteiger partial charge in [-0.25, -0.2) is 4.79 Å². The molecule has 0 aliphatic heterocycles. The number of hydrogen-bond donors (Lipinski definition) is 1. The van der Waals surface area contributed by atoms with Crippen molar-refractivity contribution in [3.05, 3.63) is 104 Å². The lowest BCUT2D eigenvalue weighted by atomic mass is 10.1. The molecule has 0 aliphatic carbocycles. The summed E-state index contributed by atoms with van der Waals surface area (Å²) in [5.41, 5.74) is 2.07. The SMILES string of the molecule is CN(C)c1ccc(C=Nn2c(=O)[nH]c3ccccc3c2=O)c(OCc2ccccc2C#N)c1. The van der Waals surface area contributed by atoms with E-state index >= 15 is 0 Å². The predicted molar refractivity (Wildman–Crippen MR) is 128 cm³/mol. The second kappa shape index (κ2) is 9.24. The van der Waals surface area contributed by atoms with Crippen LogP contribution >= 0.6 is 0 Å². The number of nitriles is 1. The van der Waals surface area contributed by atoms with Crippen LogP contribution in [0.3, 0.4) is 0 Å². The summed E-state index contributed by atoms with van der Waals surface area (Å²) >= 11 is 0. The maximum Gasteiger partial charge on any atom is 0.349 e. The van der Waals surface area contributed by atoms with Crippen molar-refractivity contribution in [3.8, 4) is 11.8 Å². The van der Waals surface area contributed by atoms with Crippen LogP contribution in [0.5, 0.6) is 5.75 Å². The van der Waals surface area contributed by atoms with Gasteiger partial charge in [-0.3, -0.25) is 4.79 Å². The second-order valence-corrected chi connectivity index (χ2v) is 7.51. The molecular weight excluding hydrogens is 418 g/mol. The number of nitrogens with zero attached hydrogens (tertiary/aromatic N) is 4. The minimum absolute atomic E-state index is 0.179. The molecule has 0 spiro atoms. The van der Waals surface area contributed by atoms with E-state index in [0.717, 1.165) is 15.9 Å². The molecule has 0 unspecified atom stereocenters. The molecule has 0 bridgehead atoms. The van der Waals surface area contributed by atoms with E-state index in [1.807, 2.05) is 43.3 Å². The molecular formula is C25H21N5O3. The number of ether oxygens (including phenoxy) is 1. The molecule has 3 aromatic carbocycles. The highest BCUT2D eigenvalue weighted by Gasteiger charge is 2.10. The first-order chi connectivity index (χ1) is 16.0. The lowest BCUT2D eigenvalue weighted by molar-refractivity contribution is 0.305. The van der Waals surface area contributed by atoms with Crippen molar-refractivity contribution < 1.29 is 4.74 Å². The van der Waals surface area contributed by atoms with Crippen LogP contribution in [0.2, 0.25) is 0 Å². The van der Waals surface area contributed by atoms with Gasteiger partial charge in [0.05, 0.1) is 28.8 Å². The topological polar surface area (TPSA) is 103 Å². The maximum absolute atomic E-state index is 12.7. The Balaban J connectivity index is 1.71. The molecule has 0 aliphatic rings. The molecule has 0 saturated heterocycles. The average Bonchev–Trinajstić information content (AvgIpc) is 2.83. The molecule has 1 N–H and O–H groups in total. The van der Waals surface area contributed by atoms with Gasteiger partial charge in [0.1, 0.15) is 12.4 Å². The highest BCUT2D eigenvalue weighted by molar-refractivity contribution is 5.85. The summed E-state index contributed by atoms with van der Waals surface area (Å²) in [6.07, 6.45) is 1.41. The van der Waals surface area contributed by atoms with E-state index in [4.69, 9.17) is 4.74 Å². The van der Waals surface area contributed by atoms with Gasteiger partial charge in [-0.05, 0) is 30.3 Å². The first kappa shape index (κ1) is 21.6. The van der Waals surface area contributed by atoms with Crippen molar-refractivity contribution in [2.24, 2.45) is 5.10 Å². The van der Waals surface area contributed by atoms with Crippen LogP contribution < -0.4 is 20.9 Å². The van der Waals surface area contributed by atoms with Crippen molar-refractivity contribution >= 4 is 22.8 Å². The standard InChI is InChI=1S/C25H21N5O3/c1-29(2)20-12-11-18(23(13-20)33-16-19-8-4-3-7-17(19)14-26)15-27-30-24(31)21-9-5-6-10-22(21)28-25(30)32/h3-13,15H,16H2,1-2H3,(H,28,32). The summed E-state index contributed by atoms with van der Waals surface area (Å²) in [6.45, 7) is 0.179. The van der Waals surface area contributed by atoms with Gasteiger partial charge < -0.3 is 14.6 Å². The first-order valence-corrected chi connectivity index (χ1v) is 10.2. The number of para-hydroxylation sites is 1. The fraction of sp³-hybridized carbons (Fsp3) is 0.120. The Hall–Kier alpha value is -4.64. The smallest absolute Gasteiger partial charge is 0.349 e. The summed E-state index contributed by atoms with van der Waals surface area (Å²) in [5.74, 6) is 0.503. The minimum Gasteiger partial charge on any atom is -0.488 e. The monoisotopic (exact) mass is 439 g/mol. The lowest BCUT2D eigenvalue weighted by Gasteiger charge is -2.16. The Labute approximate surface area is 189 Å². The molecule has 4 aromatic rings. The zero-order valence-electron chi connectivity index (χ0n) is 18.1. The van der Waals surface area contributed by atoms with Crippen LogP contribution in [0, 0.1) is 11.3 Å². The zero-order valence-corrected chi connectivity index (χ0v) is 18.1. The van der Waals surface area contributed by atoms with Crippen molar-refractivity contribution in [1.29, 1.82) is 5.26 Å². The van der Waals surface area contributed by atoms with E-state index < -0.39 is 11.2 Å². The van der Waals surface area contributed by atoms with Gasteiger partial charge in [-0.15, -0.1) is 4.68 Å². The Bertz CT molecular complexity index is 1510. The average molecular weight is 439 g/mol. The molecule has 4 rings (SSSR count). The van der Waals surface area contributed by atoms with E-state index in [1.54, 1.807) is 42.5 Å². The Morgan fingerprint density at radius 2 is 1.85 bits per heavy atom. The van der Waals surface area contributed by atoms with E-state index in [0.29, 0.717) is 27.8 Å². The van der Waals surface area contributed by atoms with Gasteiger partial charge in [0.25, 0.3) is 5.56 Å². The van der Waals surface area contributed by atoms with Gasteiger partial charge in [0.15, 0.2) is 0 Å². The van der Waals surface area contributed by atoms with E-state index in [9.17, 15) is 14.9 Å². The normalized spacial score (nSPS) is 10.9. The minimum atomic E-state index is -0.634. The number of nitrogens with one attached hydrogen (secondary N) is 1. The molecule has 0 atom stereocenters. The van der Waals surface area contributed by atoms with Gasteiger partial charge in [-0.1, -0.05) is 30.3 Å². The van der Waals surface area contributed by atoms with E-state index in [-0.39, 0.29) is 6.61 Å². The Morgan fingerprint density at radius 3 is 2.64 bits per heavy atom. The third-order valence-electron chi connectivity index (χ3n) is 5.13. The van der Waals surface area contributed by atoms with E-state index in [2.05, 4.69) is 16.2 Å². The molecule has 1 heterocycles. The van der Waals surface area contributed by atoms with E-state index in [1.165, 1.54) is 6.21 Å². The molecule has 0 amide bonds. The van der Waals surface area contributed by atoms with Crippen LogP contribution in [0.25, 0.3) is 10.9 Å². The number of rotatable bonds is 6. The number of anilines is 1. The quantitative estimate of drug-likeness (QED) is 0.465. The number of H-pyrrole nitrogens is 1. The Kier molecular flexibility index (Phi) is 6.04. The van der Waals surface area contributed by atoms with Gasteiger partial charge in [0.2, 0.25) is 0 Å². The zero-order chi connectivity index (χ0) is 23.4. The third kappa shape index (κ3) is 4.52. The summed E-state index contributed by atoms with van der Waals surface area (Å²) in [4.78, 5) is 29.7. The van der Waals surface area contributed by atoms with Crippen molar-refractivity contribution in [1.82, 2.24) is 9.66 Å². The summed E-state index contributed by atoms with van der Waals surface area (Å²) in [5, 5.41) is 13.8. The summed E-state index contributed by atoms with van der Waals surface area (Å²) in [7, 11) is 3.82. The van der Waals surface area contributed by atoms with Crippen molar-refractivity contribution in [2.45, 2.75) is 6.61 Å². The van der Waals surface area contributed by atoms with Gasteiger partial charge in [0, 0.05) is 37.0 Å². The molecule has 8 nitrogen and oxygen atoms in total. The van der Waals surface area contributed by atoms with Crippen molar-refractivity contribution in [3.63, 3.8) is 0 Å². The van der Waals surface area contributed by atoms with Crippen LogP contribution in [0.1, 0.15) is 16.7 Å². The largest absolute Gasteiger partial charge is 0.488 e. The number of aromatic amines is 1. The third-order valence-corrected chi connectivity index (χ3v) is 5.13. The number of hydrogen-bond acceptors (Lipinski definition) is 6. The fourth-order valence-electron chi connectivity index (χ4n) is 3.32. The van der Waals surface area contributed by atoms with Crippen LogP contribution in [0.15, 0.2) is 81.4 Å². The molecule has 164 valence electrons. The molecule has 0 fully saturated rings. The second-order valence-electron chi connectivity index (χ2n) is 7.51. The highest BCUT2D eigenvalue weighted by Crippen LogP contribution is 2.25. The number of aromatic nitrogens is 2. The molecule has 0 radical (unpaired) electrons. The summed E-state index contributed by atoms with van der Waals surface area (Å²) in [6, 6.07) is 21.6. The molecule has 0 saturated carbocycles. The summed E-state index contributed by atoms with van der Waals surface area (Å²) < 4.78 is 6.82. The molecule has 1 aromatic heterocycles. The maximum atomic E-state index is 12.7. The number of benzene rings is 3. The lowest BCUT2D eigenvalue weighted by Crippen LogP contribution is -2.32. The predicted octanol–water partition coefficient (Wildman–Crippen LogP) is 3.09. The molecule has 8 heteroatoms. The Morgan fingerprint density at radius 1 is 1.09 bits per heavy atom. The van der Waals surface area contributed by atoms with Gasteiger partial charge in [-0.2, -0.15) is 10.4 Å². The van der Waals surface area contributed by atoms with Crippen LogP contribution in [-0.2, 0) is 6.61 Å². The molecule has 33 heavy (non-hydrogen) atoms. The highest BCUT2D eigenvalue weighted by atomic mass is 16.5. The first-order valence-electron chi connectivity index (χ1n) is 10.2. The van der Waals surface area contributed by atoms with Crippen molar-refractivity contribution in [2.75, 3.05) is 19.0 Å².